The van der Waals surface area contributed by atoms with Crippen LogP contribution in [0.1, 0.15) is 6.92 Å². The second kappa shape index (κ2) is 5.57. The van der Waals surface area contributed by atoms with Crippen LogP contribution in [-0.4, -0.2) is 53.2 Å². The predicted molar refractivity (Wildman–Crippen MR) is 80.5 cm³/mol. The molecule has 2 aromatic rings. The lowest BCUT2D eigenvalue weighted by Gasteiger charge is -2.36. The maximum absolute atomic E-state index is 13.2. The van der Waals surface area contributed by atoms with Gasteiger partial charge in [-0.25, -0.2) is 9.37 Å². The summed E-state index contributed by atoms with van der Waals surface area (Å²) in [6, 6.07) is 4.17. The van der Waals surface area contributed by atoms with E-state index in [4.69, 9.17) is 5.11 Å². The highest BCUT2D eigenvalue weighted by Gasteiger charge is 2.26. The molecule has 0 saturated carbocycles. The fourth-order valence-electron chi connectivity index (χ4n) is 2.48. The highest BCUT2D eigenvalue weighted by atomic mass is 32.1. The van der Waals surface area contributed by atoms with Crippen molar-refractivity contribution >= 4 is 32.7 Å². The van der Waals surface area contributed by atoms with Gasteiger partial charge in [-0.1, -0.05) is 11.3 Å². The largest absolute Gasteiger partial charge is 0.480 e. The number of anilines is 1. The number of hydrogen-bond donors (Lipinski definition) is 1. The number of aliphatic carboxylic acids is 1. The number of carboxylic acids is 1. The number of carboxylic acid groups (broad SMARTS) is 1. The van der Waals surface area contributed by atoms with Gasteiger partial charge in [0.25, 0.3) is 0 Å². The van der Waals surface area contributed by atoms with E-state index in [9.17, 15) is 9.18 Å². The number of rotatable bonds is 3. The molecule has 1 aromatic heterocycles. The lowest BCUT2D eigenvalue weighted by Crippen LogP contribution is -2.51. The number of benzene rings is 1. The highest BCUT2D eigenvalue weighted by molar-refractivity contribution is 7.22. The van der Waals surface area contributed by atoms with E-state index in [2.05, 4.69) is 9.88 Å². The Labute approximate surface area is 125 Å². The summed E-state index contributed by atoms with van der Waals surface area (Å²) in [6.45, 7) is 4.56. The summed E-state index contributed by atoms with van der Waals surface area (Å²) in [7, 11) is 0. The van der Waals surface area contributed by atoms with Crippen molar-refractivity contribution < 1.29 is 14.3 Å². The van der Waals surface area contributed by atoms with E-state index in [0.717, 1.165) is 22.9 Å². The van der Waals surface area contributed by atoms with Crippen LogP contribution in [0.15, 0.2) is 18.2 Å². The van der Waals surface area contributed by atoms with Crippen LogP contribution < -0.4 is 4.90 Å². The Hall–Kier alpha value is -1.73. The molecule has 112 valence electrons. The number of thiazole rings is 1. The molecular formula is C14H16FN3O2S. The number of halogens is 1. The third kappa shape index (κ3) is 2.84. The van der Waals surface area contributed by atoms with Crippen molar-refractivity contribution in [3.8, 4) is 0 Å². The zero-order valence-corrected chi connectivity index (χ0v) is 12.4. The van der Waals surface area contributed by atoms with E-state index in [1.54, 1.807) is 24.3 Å². The van der Waals surface area contributed by atoms with Crippen LogP contribution in [0.4, 0.5) is 9.52 Å². The molecule has 1 atom stereocenters. The van der Waals surface area contributed by atoms with Gasteiger partial charge in [0.2, 0.25) is 0 Å². The molecule has 2 heterocycles. The van der Waals surface area contributed by atoms with E-state index in [0.29, 0.717) is 18.6 Å². The molecule has 1 aliphatic heterocycles. The second-order valence-corrected chi connectivity index (χ2v) is 6.15. The molecule has 5 nitrogen and oxygen atoms in total. The normalized spacial score (nSPS) is 18.1. The Morgan fingerprint density at radius 2 is 2.10 bits per heavy atom. The summed E-state index contributed by atoms with van der Waals surface area (Å²) < 4.78 is 14.2. The minimum atomic E-state index is -0.793. The molecule has 0 aliphatic carbocycles. The van der Waals surface area contributed by atoms with Gasteiger partial charge in [-0.05, 0) is 19.1 Å². The van der Waals surface area contributed by atoms with Crippen molar-refractivity contribution in [2.45, 2.75) is 13.0 Å². The average molecular weight is 309 g/mol. The van der Waals surface area contributed by atoms with Crippen LogP contribution in [0.25, 0.3) is 10.2 Å². The summed E-state index contributed by atoms with van der Waals surface area (Å²) in [5, 5.41) is 9.91. The first-order valence-corrected chi connectivity index (χ1v) is 7.64. The van der Waals surface area contributed by atoms with Crippen LogP contribution in [0.2, 0.25) is 0 Å². The van der Waals surface area contributed by atoms with E-state index in [1.165, 1.54) is 12.1 Å². The number of piperazine rings is 1. The molecule has 1 fully saturated rings. The molecule has 1 unspecified atom stereocenters. The standard InChI is InChI=1S/C14H16FN3O2S/c1-9(13(19)20)17-4-6-18(7-5-17)14-16-11-8-10(15)2-3-12(11)21-14/h2-3,8-9H,4-7H2,1H3,(H,19,20). The van der Waals surface area contributed by atoms with E-state index < -0.39 is 12.0 Å². The Kier molecular flexibility index (Phi) is 3.77. The molecule has 0 spiro atoms. The maximum atomic E-state index is 13.2. The number of aromatic nitrogens is 1. The molecule has 1 aliphatic rings. The Morgan fingerprint density at radius 1 is 1.38 bits per heavy atom. The molecule has 0 radical (unpaired) electrons. The quantitative estimate of drug-likeness (QED) is 0.940. The molecule has 3 rings (SSSR count). The second-order valence-electron chi connectivity index (χ2n) is 5.15. The first-order chi connectivity index (χ1) is 10.0. The van der Waals surface area contributed by atoms with Gasteiger partial charge in [-0.15, -0.1) is 0 Å². The molecule has 7 heteroatoms. The zero-order chi connectivity index (χ0) is 15.0. The topological polar surface area (TPSA) is 56.7 Å². The van der Waals surface area contributed by atoms with E-state index >= 15 is 0 Å². The van der Waals surface area contributed by atoms with Crippen molar-refractivity contribution in [1.82, 2.24) is 9.88 Å². The molecule has 1 N–H and O–H groups in total. The van der Waals surface area contributed by atoms with E-state index in [-0.39, 0.29) is 5.82 Å². The zero-order valence-electron chi connectivity index (χ0n) is 11.6. The van der Waals surface area contributed by atoms with Crippen LogP contribution in [-0.2, 0) is 4.79 Å². The number of fused-ring (bicyclic) bond motifs is 1. The van der Waals surface area contributed by atoms with Crippen LogP contribution in [0.5, 0.6) is 0 Å². The van der Waals surface area contributed by atoms with Crippen LogP contribution >= 0.6 is 11.3 Å². The summed E-state index contributed by atoms with van der Waals surface area (Å²) >= 11 is 1.54. The molecular weight excluding hydrogens is 293 g/mol. The summed E-state index contributed by atoms with van der Waals surface area (Å²) in [5.74, 6) is -1.07. The van der Waals surface area contributed by atoms with Crippen molar-refractivity contribution in [3.63, 3.8) is 0 Å². The predicted octanol–water partition coefficient (Wildman–Crippen LogP) is 2.03. The van der Waals surface area contributed by atoms with Gasteiger partial charge in [-0.2, -0.15) is 0 Å². The number of nitrogens with zero attached hydrogens (tertiary/aromatic N) is 3. The number of hydrogen-bond acceptors (Lipinski definition) is 5. The third-order valence-corrected chi connectivity index (χ3v) is 4.93. The lowest BCUT2D eigenvalue weighted by atomic mass is 10.2. The van der Waals surface area contributed by atoms with Crippen LogP contribution in [0, 0.1) is 5.82 Å². The Morgan fingerprint density at radius 3 is 2.76 bits per heavy atom. The van der Waals surface area contributed by atoms with Crippen LogP contribution in [0.3, 0.4) is 0 Å². The van der Waals surface area contributed by atoms with Gasteiger partial charge in [0, 0.05) is 32.2 Å². The average Bonchev–Trinajstić information content (AvgIpc) is 2.89. The summed E-state index contributed by atoms with van der Waals surface area (Å²) in [4.78, 5) is 19.6. The molecule has 0 bridgehead atoms. The van der Waals surface area contributed by atoms with Gasteiger partial charge in [0.1, 0.15) is 11.9 Å². The van der Waals surface area contributed by atoms with Crippen molar-refractivity contribution in [2.24, 2.45) is 0 Å². The third-order valence-electron chi connectivity index (χ3n) is 3.83. The Bertz CT molecular complexity index is 667. The smallest absolute Gasteiger partial charge is 0.320 e. The molecule has 0 amide bonds. The van der Waals surface area contributed by atoms with Gasteiger partial charge in [0.15, 0.2) is 5.13 Å². The summed E-state index contributed by atoms with van der Waals surface area (Å²) in [6.07, 6.45) is 0. The van der Waals surface area contributed by atoms with Gasteiger partial charge in [-0.3, -0.25) is 9.69 Å². The fraction of sp³-hybridized carbons (Fsp3) is 0.429. The first kappa shape index (κ1) is 14.2. The maximum Gasteiger partial charge on any atom is 0.320 e. The van der Waals surface area contributed by atoms with Crippen molar-refractivity contribution in [2.75, 3.05) is 31.1 Å². The van der Waals surface area contributed by atoms with E-state index in [1.807, 2.05) is 4.90 Å². The highest BCUT2D eigenvalue weighted by Crippen LogP contribution is 2.29. The molecule has 1 aromatic carbocycles. The van der Waals surface area contributed by atoms with Crippen molar-refractivity contribution in [3.05, 3.63) is 24.0 Å². The Balaban J connectivity index is 1.72. The molecule has 1 saturated heterocycles. The van der Waals surface area contributed by atoms with Crippen molar-refractivity contribution in [1.29, 1.82) is 0 Å². The fourth-order valence-corrected chi connectivity index (χ4v) is 3.48. The SMILES string of the molecule is CC(C(=O)O)N1CCN(c2nc3cc(F)ccc3s2)CC1. The minimum Gasteiger partial charge on any atom is -0.480 e. The summed E-state index contributed by atoms with van der Waals surface area (Å²) in [5.41, 5.74) is 0.677. The molecule has 21 heavy (non-hydrogen) atoms. The minimum absolute atomic E-state index is 0.278. The number of carbonyl (C=O) groups is 1. The lowest BCUT2D eigenvalue weighted by molar-refractivity contribution is -0.142. The first-order valence-electron chi connectivity index (χ1n) is 6.82. The van der Waals surface area contributed by atoms with Gasteiger partial charge in [0.05, 0.1) is 10.2 Å². The monoisotopic (exact) mass is 309 g/mol. The van der Waals surface area contributed by atoms with Gasteiger partial charge < -0.3 is 10.0 Å². The van der Waals surface area contributed by atoms with Gasteiger partial charge >= 0.3 is 5.97 Å².